The summed E-state index contributed by atoms with van der Waals surface area (Å²) in [6.07, 6.45) is 6.84. The third-order valence-corrected chi connectivity index (χ3v) is 3.66. The number of aromatic nitrogens is 1. The summed E-state index contributed by atoms with van der Waals surface area (Å²) in [6.45, 7) is 7.85. The van der Waals surface area contributed by atoms with Crippen LogP contribution in [0.1, 0.15) is 46.5 Å². The zero-order valence-corrected chi connectivity index (χ0v) is 11.8. The maximum atomic E-state index is 4.33. The normalized spacial score (nSPS) is 21.8. The molecule has 1 atom stereocenters. The number of nitrogens with one attached hydrogen (secondary N) is 2. The summed E-state index contributed by atoms with van der Waals surface area (Å²) in [7, 11) is 0. The van der Waals surface area contributed by atoms with E-state index in [1.54, 1.807) is 0 Å². The van der Waals surface area contributed by atoms with Crippen LogP contribution in [0.3, 0.4) is 0 Å². The minimum Gasteiger partial charge on any atom is -0.382 e. The topological polar surface area (TPSA) is 37.0 Å². The van der Waals surface area contributed by atoms with Crippen molar-refractivity contribution >= 4 is 11.5 Å². The first-order valence-corrected chi connectivity index (χ1v) is 7.05. The van der Waals surface area contributed by atoms with Crippen LogP contribution in [0.2, 0.25) is 0 Å². The Morgan fingerprint density at radius 3 is 2.94 bits per heavy atom. The Balaban J connectivity index is 1.93. The minimum atomic E-state index is 0.494. The summed E-state index contributed by atoms with van der Waals surface area (Å²) in [5.74, 6) is 0.971. The Morgan fingerprint density at radius 2 is 2.28 bits per heavy atom. The molecule has 0 bridgehead atoms. The van der Waals surface area contributed by atoms with E-state index in [1.807, 2.05) is 6.20 Å². The van der Waals surface area contributed by atoms with Gasteiger partial charge >= 0.3 is 0 Å². The van der Waals surface area contributed by atoms with E-state index in [9.17, 15) is 0 Å². The lowest BCUT2D eigenvalue weighted by molar-refractivity contribution is 0.378. The highest BCUT2D eigenvalue weighted by Gasteiger charge is 2.30. The summed E-state index contributed by atoms with van der Waals surface area (Å²) >= 11 is 0. The summed E-state index contributed by atoms with van der Waals surface area (Å²) in [6, 6.07) is 4.78. The van der Waals surface area contributed by atoms with E-state index >= 15 is 0 Å². The Bertz CT molecular complexity index is 387. The highest BCUT2D eigenvalue weighted by atomic mass is 15.0. The SMILES string of the molecule is CCCNc1cc(NC2CCC(C)(C)C2)ccn1. The second-order valence-corrected chi connectivity index (χ2v) is 6.10. The van der Waals surface area contributed by atoms with Gasteiger partial charge in [-0.1, -0.05) is 20.8 Å². The third-order valence-electron chi connectivity index (χ3n) is 3.66. The van der Waals surface area contributed by atoms with Crippen LogP contribution in [0, 0.1) is 5.41 Å². The van der Waals surface area contributed by atoms with E-state index < -0.39 is 0 Å². The van der Waals surface area contributed by atoms with E-state index in [1.165, 1.54) is 24.9 Å². The molecule has 0 saturated heterocycles. The van der Waals surface area contributed by atoms with Crippen molar-refractivity contribution in [1.82, 2.24) is 4.98 Å². The maximum Gasteiger partial charge on any atom is 0.127 e. The number of anilines is 2. The van der Waals surface area contributed by atoms with Crippen molar-refractivity contribution in [2.75, 3.05) is 17.2 Å². The smallest absolute Gasteiger partial charge is 0.127 e. The molecule has 100 valence electrons. The lowest BCUT2D eigenvalue weighted by Crippen LogP contribution is -2.17. The van der Waals surface area contributed by atoms with Gasteiger partial charge in [0, 0.05) is 30.5 Å². The van der Waals surface area contributed by atoms with Crippen molar-refractivity contribution < 1.29 is 0 Å². The number of hydrogen-bond acceptors (Lipinski definition) is 3. The molecule has 1 aromatic rings. The molecule has 1 heterocycles. The summed E-state index contributed by atoms with van der Waals surface area (Å²) in [5, 5.41) is 6.96. The van der Waals surface area contributed by atoms with Crippen molar-refractivity contribution in [3.8, 4) is 0 Å². The molecule has 2 rings (SSSR count). The molecule has 1 unspecified atom stereocenters. The number of nitrogens with zero attached hydrogens (tertiary/aromatic N) is 1. The predicted octanol–water partition coefficient (Wildman–Crippen LogP) is 3.89. The minimum absolute atomic E-state index is 0.494. The van der Waals surface area contributed by atoms with Crippen LogP contribution in [0.5, 0.6) is 0 Å². The second-order valence-electron chi connectivity index (χ2n) is 6.10. The highest BCUT2D eigenvalue weighted by Crippen LogP contribution is 2.38. The van der Waals surface area contributed by atoms with Crippen molar-refractivity contribution in [1.29, 1.82) is 0 Å². The van der Waals surface area contributed by atoms with Crippen LogP contribution in [-0.2, 0) is 0 Å². The predicted molar refractivity (Wildman–Crippen MR) is 78.1 cm³/mol. The number of rotatable bonds is 5. The average Bonchev–Trinajstić information content (AvgIpc) is 2.66. The van der Waals surface area contributed by atoms with Gasteiger partial charge in [-0.25, -0.2) is 4.98 Å². The maximum absolute atomic E-state index is 4.33. The molecule has 0 radical (unpaired) electrons. The molecule has 0 amide bonds. The fraction of sp³-hybridized carbons (Fsp3) is 0.667. The molecule has 1 fully saturated rings. The lowest BCUT2D eigenvalue weighted by Gasteiger charge is -2.19. The number of hydrogen-bond donors (Lipinski definition) is 2. The van der Waals surface area contributed by atoms with E-state index in [0.717, 1.165) is 18.8 Å². The largest absolute Gasteiger partial charge is 0.382 e. The number of pyridine rings is 1. The molecular weight excluding hydrogens is 222 g/mol. The molecular formula is C15H25N3. The summed E-state index contributed by atoms with van der Waals surface area (Å²) in [4.78, 5) is 4.33. The molecule has 0 aromatic carbocycles. The van der Waals surface area contributed by atoms with Crippen molar-refractivity contribution in [3.63, 3.8) is 0 Å². The molecule has 0 spiro atoms. The van der Waals surface area contributed by atoms with Gasteiger partial charge in [0.25, 0.3) is 0 Å². The van der Waals surface area contributed by atoms with E-state index in [4.69, 9.17) is 0 Å². The average molecular weight is 247 g/mol. The fourth-order valence-corrected chi connectivity index (χ4v) is 2.67. The van der Waals surface area contributed by atoms with Gasteiger partial charge in [-0.05, 0) is 37.2 Å². The van der Waals surface area contributed by atoms with Crippen LogP contribution in [0.25, 0.3) is 0 Å². The molecule has 2 N–H and O–H groups in total. The molecule has 3 heteroatoms. The molecule has 0 aliphatic heterocycles. The Morgan fingerprint density at radius 1 is 1.44 bits per heavy atom. The Kier molecular flexibility index (Phi) is 4.10. The van der Waals surface area contributed by atoms with Crippen molar-refractivity contribution in [3.05, 3.63) is 18.3 Å². The van der Waals surface area contributed by atoms with Gasteiger partial charge in [-0.3, -0.25) is 0 Å². The van der Waals surface area contributed by atoms with Crippen LogP contribution in [0.15, 0.2) is 18.3 Å². The van der Waals surface area contributed by atoms with Gasteiger partial charge in [0.05, 0.1) is 0 Å². The van der Waals surface area contributed by atoms with E-state index in [2.05, 4.69) is 48.5 Å². The van der Waals surface area contributed by atoms with Gasteiger partial charge in [0.2, 0.25) is 0 Å². The van der Waals surface area contributed by atoms with Crippen LogP contribution < -0.4 is 10.6 Å². The first-order valence-electron chi connectivity index (χ1n) is 7.05. The second kappa shape index (κ2) is 5.59. The quantitative estimate of drug-likeness (QED) is 0.828. The molecule has 1 aliphatic carbocycles. The monoisotopic (exact) mass is 247 g/mol. The standard InChI is InChI=1S/C15H25N3/c1-4-8-16-14-10-12(6-9-17-14)18-13-5-7-15(2,3)11-13/h6,9-10,13H,4-5,7-8,11H2,1-3H3,(H2,16,17,18). The van der Waals surface area contributed by atoms with Crippen molar-refractivity contribution in [2.24, 2.45) is 5.41 Å². The zero-order valence-electron chi connectivity index (χ0n) is 11.8. The lowest BCUT2D eigenvalue weighted by atomic mass is 9.92. The Hall–Kier alpha value is -1.25. The van der Waals surface area contributed by atoms with Crippen LogP contribution in [-0.4, -0.2) is 17.6 Å². The molecule has 18 heavy (non-hydrogen) atoms. The zero-order chi connectivity index (χ0) is 13.0. The molecule has 1 saturated carbocycles. The Labute approximate surface area is 110 Å². The first-order chi connectivity index (χ1) is 8.59. The van der Waals surface area contributed by atoms with Crippen molar-refractivity contribution in [2.45, 2.75) is 52.5 Å². The van der Waals surface area contributed by atoms with Gasteiger partial charge in [-0.15, -0.1) is 0 Å². The van der Waals surface area contributed by atoms with Gasteiger partial charge in [0.1, 0.15) is 5.82 Å². The van der Waals surface area contributed by atoms with Crippen LogP contribution in [0.4, 0.5) is 11.5 Å². The summed E-state index contributed by atoms with van der Waals surface area (Å²) in [5.41, 5.74) is 1.68. The van der Waals surface area contributed by atoms with Crippen LogP contribution >= 0.6 is 0 Å². The fourth-order valence-electron chi connectivity index (χ4n) is 2.67. The van der Waals surface area contributed by atoms with E-state index in [0.29, 0.717) is 11.5 Å². The third kappa shape index (κ3) is 3.62. The van der Waals surface area contributed by atoms with E-state index in [-0.39, 0.29) is 0 Å². The molecule has 1 aliphatic rings. The molecule has 1 aromatic heterocycles. The summed E-state index contributed by atoms with van der Waals surface area (Å²) < 4.78 is 0. The molecule has 3 nitrogen and oxygen atoms in total. The van der Waals surface area contributed by atoms with Gasteiger partial charge < -0.3 is 10.6 Å². The first kappa shape index (κ1) is 13.2. The van der Waals surface area contributed by atoms with Gasteiger partial charge in [-0.2, -0.15) is 0 Å². The highest BCUT2D eigenvalue weighted by molar-refractivity contribution is 5.52. The van der Waals surface area contributed by atoms with Gasteiger partial charge in [0.15, 0.2) is 0 Å².